The highest BCUT2D eigenvalue weighted by Crippen LogP contribution is 2.22. The fourth-order valence-corrected chi connectivity index (χ4v) is 2.83. The summed E-state index contributed by atoms with van der Waals surface area (Å²) < 4.78 is 4.95. The third kappa shape index (κ3) is 4.88. The van der Waals surface area contributed by atoms with Gasteiger partial charge in [-0.1, -0.05) is 59.6 Å². The van der Waals surface area contributed by atoms with Crippen molar-refractivity contribution in [1.82, 2.24) is 5.32 Å². The summed E-state index contributed by atoms with van der Waals surface area (Å²) in [6, 6.07) is 17.3. The fraction of sp³-hybridized carbons (Fsp3) is 0.0952. The Labute approximate surface area is 171 Å². The minimum Gasteiger partial charge on any atom is -0.456 e. The largest absolute Gasteiger partial charge is 0.456 e. The van der Waals surface area contributed by atoms with Gasteiger partial charge >= 0.3 is 5.97 Å². The number of rotatable bonds is 6. The van der Waals surface area contributed by atoms with Crippen LogP contribution in [0.3, 0.4) is 0 Å². The SMILES string of the molecule is O=C(CNC(=O)c1ccc(Cl)c(Cl)c1)OCC(=O)c1ccc2ccccc2c1. The Hall–Kier alpha value is -2.89. The molecule has 0 heterocycles. The van der Waals surface area contributed by atoms with Gasteiger partial charge in [-0.3, -0.25) is 14.4 Å². The van der Waals surface area contributed by atoms with E-state index < -0.39 is 18.5 Å². The van der Waals surface area contributed by atoms with E-state index in [0.29, 0.717) is 10.6 Å². The second-order valence-corrected chi connectivity index (χ2v) is 6.77. The molecule has 3 aromatic carbocycles. The number of carbonyl (C=O) groups excluding carboxylic acids is 3. The van der Waals surface area contributed by atoms with Crippen molar-refractivity contribution >= 4 is 51.6 Å². The molecule has 0 aliphatic carbocycles. The molecule has 0 aromatic heterocycles. The summed E-state index contributed by atoms with van der Waals surface area (Å²) >= 11 is 11.7. The van der Waals surface area contributed by atoms with Crippen LogP contribution in [0.1, 0.15) is 20.7 Å². The van der Waals surface area contributed by atoms with Crippen molar-refractivity contribution in [3.05, 3.63) is 81.8 Å². The lowest BCUT2D eigenvalue weighted by molar-refractivity contribution is -0.141. The molecule has 0 aliphatic heterocycles. The highest BCUT2D eigenvalue weighted by molar-refractivity contribution is 6.42. The standard InChI is InChI=1S/C21H15Cl2NO4/c22-17-8-7-16(10-18(17)23)21(27)24-11-20(26)28-12-19(25)15-6-5-13-3-1-2-4-14(13)9-15/h1-10H,11-12H2,(H,24,27). The fourth-order valence-electron chi connectivity index (χ4n) is 2.54. The van der Waals surface area contributed by atoms with Crippen molar-refractivity contribution in [1.29, 1.82) is 0 Å². The Bertz CT molecular complexity index is 1070. The number of nitrogens with one attached hydrogen (secondary N) is 1. The molecule has 0 saturated heterocycles. The maximum atomic E-state index is 12.2. The zero-order valence-electron chi connectivity index (χ0n) is 14.6. The number of Topliss-reactive ketones (excluding diaryl/α,β-unsaturated/α-hetero) is 1. The molecular formula is C21H15Cl2NO4. The van der Waals surface area contributed by atoms with Gasteiger partial charge in [0.25, 0.3) is 5.91 Å². The molecule has 28 heavy (non-hydrogen) atoms. The van der Waals surface area contributed by atoms with Crippen LogP contribution in [0.4, 0.5) is 0 Å². The van der Waals surface area contributed by atoms with Gasteiger partial charge in [0.2, 0.25) is 0 Å². The predicted octanol–water partition coefficient (Wildman–Crippen LogP) is 4.30. The summed E-state index contributed by atoms with van der Waals surface area (Å²) in [6.07, 6.45) is 0. The normalized spacial score (nSPS) is 10.5. The number of esters is 1. The first-order valence-corrected chi connectivity index (χ1v) is 9.10. The number of benzene rings is 3. The van der Waals surface area contributed by atoms with Crippen molar-refractivity contribution in [2.75, 3.05) is 13.2 Å². The lowest BCUT2D eigenvalue weighted by Gasteiger charge is -2.07. The highest BCUT2D eigenvalue weighted by Gasteiger charge is 2.13. The van der Waals surface area contributed by atoms with Crippen LogP contribution in [-0.2, 0) is 9.53 Å². The predicted molar refractivity (Wildman–Crippen MR) is 108 cm³/mol. The van der Waals surface area contributed by atoms with Crippen LogP contribution in [0.25, 0.3) is 10.8 Å². The molecule has 3 aromatic rings. The number of hydrogen-bond acceptors (Lipinski definition) is 4. The van der Waals surface area contributed by atoms with E-state index in [0.717, 1.165) is 10.8 Å². The summed E-state index contributed by atoms with van der Waals surface area (Å²) in [5.41, 5.74) is 0.709. The summed E-state index contributed by atoms with van der Waals surface area (Å²) in [7, 11) is 0. The second kappa shape index (κ2) is 8.87. The molecule has 142 valence electrons. The molecule has 1 amide bonds. The second-order valence-electron chi connectivity index (χ2n) is 5.96. The van der Waals surface area contributed by atoms with Gasteiger partial charge in [0.15, 0.2) is 12.4 Å². The third-order valence-corrected chi connectivity index (χ3v) is 4.75. The highest BCUT2D eigenvalue weighted by atomic mass is 35.5. The number of hydrogen-bond donors (Lipinski definition) is 1. The molecule has 0 radical (unpaired) electrons. The quantitative estimate of drug-likeness (QED) is 0.481. The molecule has 5 nitrogen and oxygen atoms in total. The Balaban J connectivity index is 1.51. The minimum absolute atomic E-state index is 0.234. The number of ketones is 1. The zero-order valence-corrected chi connectivity index (χ0v) is 16.1. The van der Waals surface area contributed by atoms with Crippen LogP contribution >= 0.6 is 23.2 Å². The van der Waals surface area contributed by atoms with Crippen molar-refractivity contribution < 1.29 is 19.1 Å². The summed E-state index contributed by atoms with van der Waals surface area (Å²) in [4.78, 5) is 36.1. The minimum atomic E-state index is -0.720. The Morgan fingerprint density at radius 3 is 2.29 bits per heavy atom. The first-order chi connectivity index (χ1) is 13.4. The van der Waals surface area contributed by atoms with E-state index in [9.17, 15) is 14.4 Å². The van der Waals surface area contributed by atoms with E-state index in [1.807, 2.05) is 30.3 Å². The van der Waals surface area contributed by atoms with Gasteiger partial charge in [0.1, 0.15) is 6.54 Å². The van der Waals surface area contributed by atoms with Crippen LogP contribution in [-0.4, -0.2) is 30.8 Å². The Kier molecular flexibility index (Phi) is 6.29. The van der Waals surface area contributed by atoms with Crippen LogP contribution in [0.5, 0.6) is 0 Å². The van der Waals surface area contributed by atoms with Crippen LogP contribution in [0.2, 0.25) is 10.0 Å². The molecule has 7 heteroatoms. The summed E-state index contributed by atoms with van der Waals surface area (Å²) in [6.45, 7) is -0.774. The van der Waals surface area contributed by atoms with Gasteiger partial charge in [0, 0.05) is 11.1 Å². The van der Waals surface area contributed by atoms with E-state index in [4.69, 9.17) is 27.9 Å². The van der Waals surface area contributed by atoms with E-state index in [1.54, 1.807) is 12.1 Å². The van der Waals surface area contributed by atoms with E-state index in [-0.39, 0.29) is 22.9 Å². The molecule has 1 N–H and O–H groups in total. The summed E-state index contributed by atoms with van der Waals surface area (Å²) in [5.74, 6) is -1.55. The lowest BCUT2D eigenvalue weighted by Crippen LogP contribution is -2.31. The van der Waals surface area contributed by atoms with Gasteiger partial charge in [-0.15, -0.1) is 0 Å². The molecular weight excluding hydrogens is 401 g/mol. The third-order valence-electron chi connectivity index (χ3n) is 4.01. The number of carbonyl (C=O) groups is 3. The molecule has 0 unspecified atom stereocenters. The smallest absolute Gasteiger partial charge is 0.325 e. The summed E-state index contributed by atoms with van der Waals surface area (Å²) in [5, 5.41) is 4.90. The number of fused-ring (bicyclic) bond motifs is 1. The molecule has 0 fully saturated rings. The van der Waals surface area contributed by atoms with Crippen molar-refractivity contribution in [3.63, 3.8) is 0 Å². The lowest BCUT2D eigenvalue weighted by atomic mass is 10.0. The number of halogens is 2. The van der Waals surface area contributed by atoms with E-state index in [2.05, 4.69) is 5.32 Å². The number of ether oxygens (including phenoxy) is 1. The van der Waals surface area contributed by atoms with Crippen molar-refractivity contribution in [3.8, 4) is 0 Å². The Morgan fingerprint density at radius 1 is 0.821 bits per heavy atom. The molecule has 0 atom stereocenters. The van der Waals surface area contributed by atoms with Crippen molar-refractivity contribution in [2.45, 2.75) is 0 Å². The van der Waals surface area contributed by atoms with E-state index >= 15 is 0 Å². The molecule has 3 rings (SSSR count). The van der Waals surface area contributed by atoms with E-state index in [1.165, 1.54) is 18.2 Å². The van der Waals surface area contributed by atoms with Gasteiger partial charge in [-0.25, -0.2) is 0 Å². The van der Waals surface area contributed by atoms with Gasteiger partial charge < -0.3 is 10.1 Å². The maximum Gasteiger partial charge on any atom is 0.325 e. The first-order valence-electron chi connectivity index (χ1n) is 8.35. The van der Waals surface area contributed by atoms with Gasteiger partial charge in [0.05, 0.1) is 10.0 Å². The monoisotopic (exact) mass is 415 g/mol. The topological polar surface area (TPSA) is 72.5 Å². The Morgan fingerprint density at radius 2 is 1.54 bits per heavy atom. The average Bonchev–Trinajstić information content (AvgIpc) is 2.71. The number of amides is 1. The van der Waals surface area contributed by atoms with Crippen LogP contribution in [0.15, 0.2) is 60.7 Å². The van der Waals surface area contributed by atoms with Gasteiger partial charge in [-0.05, 0) is 35.0 Å². The van der Waals surface area contributed by atoms with Crippen LogP contribution in [0, 0.1) is 0 Å². The average molecular weight is 416 g/mol. The molecule has 0 bridgehead atoms. The van der Waals surface area contributed by atoms with Crippen LogP contribution < -0.4 is 5.32 Å². The molecule has 0 spiro atoms. The first kappa shape index (κ1) is 19.9. The molecule has 0 aliphatic rings. The molecule has 0 saturated carbocycles. The van der Waals surface area contributed by atoms with Crippen molar-refractivity contribution in [2.24, 2.45) is 0 Å². The maximum absolute atomic E-state index is 12.2. The zero-order chi connectivity index (χ0) is 20.1. The van der Waals surface area contributed by atoms with Gasteiger partial charge in [-0.2, -0.15) is 0 Å².